The molecule has 3 aromatic rings. The van der Waals surface area contributed by atoms with Crippen molar-refractivity contribution in [3.05, 3.63) is 76.2 Å². The number of nitrogens with zero attached hydrogens (tertiary/aromatic N) is 2. The molecule has 9 heteroatoms. The van der Waals surface area contributed by atoms with Gasteiger partial charge in [0.25, 0.3) is 0 Å². The topological polar surface area (TPSA) is 106 Å². The lowest BCUT2D eigenvalue weighted by molar-refractivity contribution is 0.246. The van der Waals surface area contributed by atoms with Crippen molar-refractivity contribution < 1.29 is 13.9 Å². The van der Waals surface area contributed by atoms with Crippen molar-refractivity contribution in [2.24, 2.45) is 11.7 Å². The summed E-state index contributed by atoms with van der Waals surface area (Å²) >= 11 is 6.04. The smallest absolute Gasteiger partial charge is 0.350 e. The summed E-state index contributed by atoms with van der Waals surface area (Å²) in [7, 11) is 0. The highest BCUT2D eigenvalue weighted by Gasteiger charge is 2.16. The maximum atomic E-state index is 13.2. The maximum Gasteiger partial charge on any atom is 0.350 e. The van der Waals surface area contributed by atoms with E-state index in [0.29, 0.717) is 27.7 Å². The van der Waals surface area contributed by atoms with Crippen LogP contribution < -0.4 is 26.9 Å². The minimum absolute atomic E-state index is 0.145. The molecule has 0 aliphatic heterocycles. The minimum Gasteiger partial charge on any atom is -0.489 e. The number of rotatable bonds is 5. The van der Waals surface area contributed by atoms with Crippen LogP contribution in [0.2, 0.25) is 5.02 Å². The van der Waals surface area contributed by atoms with Gasteiger partial charge in [0.1, 0.15) is 18.2 Å². The van der Waals surface area contributed by atoms with Crippen LogP contribution in [0.1, 0.15) is 16.7 Å². The van der Waals surface area contributed by atoms with E-state index in [1.807, 2.05) is 31.4 Å². The molecule has 2 amide bonds. The zero-order chi connectivity index (χ0) is 21.8. The van der Waals surface area contributed by atoms with Crippen molar-refractivity contribution in [1.29, 1.82) is 0 Å². The second-order valence-electron chi connectivity index (χ2n) is 6.68. The standard InChI is InChI=1S/C21H21ClFN5O2/c1-12-8-20(13(2)7-17(12)18-6-5-16(23)10-26-18)30-11-14-3-4-15(22)9-19(14)28(25)21(29)27-24/h3-10H,11,24-25H2,1-2H3,(H,27,29). The summed E-state index contributed by atoms with van der Waals surface area (Å²) in [6.07, 6.45) is 1.19. The molecule has 0 fully saturated rings. The number of amides is 2. The predicted octanol–water partition coefficient (Wildman–Crippen LogP) is 4.00. The number of hydrogen-bond acceptors (Lipinski definition) is 5. The Bertz CT molecular complexity index is 1080. The molecule has 2 aromatic carbocycles. The molecule has 0 bridgehead atoms. The Morgan fingerprint density at radius 3 is 2.63 bits per heavy atom. The normalized spacial score (nSPS) is 10.6. The lowest BCUT2D eigenvalue weighted by Gasteiger charge is -2.20. The van der Waals surface area contributed by atoms with E-state index in [0.717, 1.165) is 21.7 Å². The number of ether oxygens (including phenoxy) is 1. The Kier molecular flexibility index (Phi) is 6.51. The van der Waals surface area contributed by atoms with Gasteiger partial charge in [0.05, 0.1) is 17.6 Å². The highest BCUT2D eigenvalue weighted by atomic mass is 35.5. The Morgan fingerprint density at radius 2 is 1.97 bits per heavy atom. The number of carbonyl (C=O) groups excluding carboxylic acids is 1. The van der Waals surface area contributed by atoms with Gasteiger partial charge in [-0.3, -0.25) is 10.4 Å². The van der Waals surface area contributed by atoms with Crippen LogP contribution in [-0.4, -0.2) is 11.0 Å². The number of nitrogens with two attached hydrogens (primary N) is 2. The van der Waals surface area contributed by atoms with E-state index >= 15 is 0 Å². The fourth-order valence-corrected chi connectivity index (χ4v) is 3.14. The summed E-state index contributed by atoms with van der Waals surface area (Å²) in [5.74, 6) is 11.3. The van der Waals surface area contributed by atoms with Crippen molar-refractivity contribution in [2.45, 2.75) is 20.5 Å². The molecule has 156 valence electrons. The zero-order valence-electron chi connectivity index (χ0n) is 16.4. The molecular formula is C21H21ClFN5O2. The Labute approximate surface area is 178 Å². The molecule has 0 unspecified atom stereocenters. The molecule has 0 aliphatic rings. The Hall–Kier alpha value is -3.20. The first-order valence-corrected chi connectivity index (χ1v) is 9.37. The first kappa shape index (κ1) is 21.5. The minimum atomic E-state index is -0.693. The van der Waals surface area contributed by atoms with Crippen LogP contribution in [0.3, 0.4) is 0 Å². The molecule has 30 heavy (non-hydrogen) atoms. The Balaban J connectivity index is 1.85. The molecule has 0 saturated carbocycles. The predicted molar refractivity (Wildman–Crippen MR) is 114 cm³/mol. The van der Waals surface area contributed by atoms with Gasteiger partial charge >= 0.3 is 6.03 Å². The van der Waals surface area contributed by atoms with Gasteiger partial charge in [-0.1, -0.05) is 17.7 Å². The van der Waals surface area contributed by atoms with Gasteiger partial charge in [-0.15, -0.1) is 0 Å². The van der Waals surface area contributed by atoms with E-state index in [9.17, 15) is 9.18 Å². The fraction of sp³-hybridized carbons (Fsp3) is 0.143. The lowest BCUT2D eigenvalue weighted by atomic mass is 10.0. The number of urea groups is 1. The number of aryl methyl sites for hydroxylation is 2. The third kappa shape index (κ3) is 4.68. The molecule has 1 heterocycles. The lowest BCUT2D eigenvalue weighted by Crippen LogP contribution is -2.48. The maximum absolute atomic E-state index is 13.2. The number of aromatic nitrogens is 1. The first-order chi connectivity index (χ1) is 14.3. The molecule has 0 spiro atoms. The molecular weight excluding hydrogens is 409 g/mol. The average molecular weight is 430 g/mol. The number of nitrogens with one attached hydrogen (secondary N) is 1. The molecule has 7 nitrogen and oxygen atoms in total. The van der Waals surface area contributed by atoms with Gasteiger partial charge in [-0.25, -0.2) is 25.9 Å². The van der Waals surface area contributed by atoms with E-state index in [-0.39, 0.29) is 12.4 Å². The van der Waals surface area contributed by atoms with E-state index < -0.39 is 6.03 Å². The SMILES string of the molecule is Cc1cc(-c2ccc(F)cn2)c(C)cc1OCc1ccc(Cl)cc1N(N)C(=O)NN. The number of anilines is 1. The van der Waals surface area contributed by atoms with Crippen molar-refractivity contribution >= 4 is 23.3 Å². The fourth-order valence-electron chi connectivity index (χ4n) is 2.97. The Morgan fingerprint density at radius 1 is 1.20 bits per heavy atom. The van der Waals surface area contributed by atoms with Crippen LogP contribution in [0.15, 0.2) is 48.7 Å². The average Bonchev–Trinajstić information content (AvgIpc) is 2.74. The van der Waals surface area contributed by atoms with Crippen LogP contribution >= 0.6 is 11.6 Å². The summed E-state index contributed by atoms with van der Waals surface area (Å²) in [6, 6.07) is 11.1. The zero-order valence-corrected chi connectivity index (χ0v) is 17.2. The monoisotopic (exact) mass is 429 g/mol. The summed E-state index contributed by atoms with van der Waals surface area (Å²) in [6.45, 7) is 3.97. The van der Waals surface area contributed by atoms with Gasteiger partial charge in [-0.2, -0.15) is 0 Å². The number of halogens is 2. The molecule has 1 aromatic heterocycles. The quantitative estimate of drug-likeness (QED) is 0.323. The van der Waals surface area contributed by atoms with Gasteiger partial charge in [0.15, 0.2) is 0 Å². The van der Waals surface area contributed by atoms with Gasteiger partial charge in [-0.05, 0) is 61.4 Å². The van der Waals surface area contributed by atoms with Crippen LogP contribution in [0.5, 0.6) is 5.75 Å². The number of pyridine rings is 1. The second kappa shape index (κ2) is 9.08. The van der Waals surface area contributed by atoms with Crippen LogP contribution in [0.4, 0.5) is 14.9 Å². The third-order valence-electron chi connectivity index (χ3n) is 4.56. The molecule has 0 radical (unpaired) electrons. The summed E-state index contributed by atoms with van der Waals surface area (Å²) in [5.41, 5.74) is 6.35. The second-order valence-corrected chi connectivity index (χ2v) is 7.11. The summed E-state index contributed by atoms with van der Waals surface area (Å²) in [4.78, 5) is 15.9. The van der Waals surface area contributed by atoms with Gasteiger partial charge < -0.3 is 4.74 Å². The van der Waals surface area contributed by atoms with Gasteiger partial charge in [0.2, 0.25) is 0 Å². The van der Waals surface area contributed by atoms with Crippen LogP contribution in [-0.2, 0) is 6.61 Å². The van der Waals surface area contributed by atoms with Gasteiger partial charge in [0, 0.05) is 16.1 Å². The van der Waals surface area contributed by atoms with E-state index in [4.69, 9.17) is 28.0 Å². The molecule has 3 rings (SSSR count). The summed E-state index contributed by atoms with van der Waals surface area (Å²) in [5, 5.41) is 1.28. The highest BCUT2D eigenvalue weighted by Crippen LogP contribution is 2.31. The largest absolute Gasteiger partial charge is 0.489 e. The molecule has 0 atom stereocenters. The number of hydrogen-bond donors (Lipinski definition) is 3. The van der Waals surface area contributed by atoms with Crippen LogP contribution in [0.25, 0.3) is 11.3 Å². The number of benzene rings is 2. The van der Waals surface area contributed by atoms with E-state index in [1.165, 1.54) is 12.3 Å². The number of carbonyl (C=O) groups is 1. The molecule has 0 saturated heterocycles. The molecule has 0 aliphatic carbocycles. The third-order valence-corrected chi connectivity index (χ3v) is 4.79. The van der Waals surface area contributed by atoms with Crippen LogP contribution in [0, 0.1) is 19.7 Å². The summed E-state index contributed by atoms with van der Waals surface area (Å²) < 4.78 is 19.1. The molecule has 5 N–H and O–H groups in total. The van der Waals surface area contributed by atoms with Crippen molar-refractivity contribution in [3.8, 4) is 17.0 Å². The first-order valence-electron chi connectivity index (χ1n) is 9.00. The van der Waals surface area contributed by atoms with Crippen molar-refractivity contribution in [3.63, 3.8) is 0 Å². The van der Waals surface area contributed by atoms with Crippen molar-refractivity contribution in [1.82, 2.24) is 10.4 Å². The van der Waals surface area contributed by atoms with E-state index in [1.54, 1.807) is 24.3 Å². The van der Waals surface area contributed by atoms with E-state index in [2.05, 4.69) is 4.98 Å². The highest BCUT2D eigenvalue weighted by molar-refractivity contribution is 6.31. The van der Waals surface area contributed by atoms with Crippen molar-refractivity contribution in [2.75, 3.05) is 5.01 Å². The number of hydrazine groups is 2.